The van der Waals surface area contributed by atoms with Gasteiger partial charge in [0.05, 0.1) is 25.4 Å². The molecule has 0 radical (unpaired) electrons. The highest BCUT2D eigenvalue weighted by molar-refractivity contribution is 5.80. The number of nitrogens with one attached hydrogen (secondary N) is 1. The molecule has 1 fully saturated rings. The molecular formula is C68H129NO10. The van der Waals surface area contributed by atoms with E-state index < -0.39 is 67.4 Å². The Bertz CT molecular complexity index is 1380. The lowest BCUT2D eigenvalue weighted by Crippen LogP contribution is -2.61. The summed E-state index contributed by atoms with van der Waals surface area (Å²) in [6.07, 6.45) is 56.5. The van der Waals surface area contributed by atoms with Gasteiger partial charge in [0.2, 0.25) is 5.91 Å². The van der Waals surface area contributed by atoms with E-state index >= 15 is 0 Å². The summed E-state index contributed by atoms with van der Waals surface area (Å²) in [5.41, 5.74) is 0. The summed E-state index contributed by atoms with van der Waals surface area (Å²) in [4.78, 5) is 26.6. The van der Waals surface area contributed by atoms with Crippen LogP contribution in [0.5, 0.6) is 0 Å². The molecule has 79 heavy (non-hydrogen) atoms. The predicted octanol–water partition coefficient (Wildman–Crippen LogP) is 16.8. The lowest BCUT2D eigenvalue weighted by Gasteiger charge is -2.41. The van der Waals surface area contributed by atoms with Gasteiger partial charge in [0.25, 0.3) is 0 Å². The smallest absolute Gasteiger partial charge is 0.306 e. The zero-order valence-corrected chi connectivity index (χ0v) is 51.8. The first-order valence-electron chi connectivity index (χ1n) is 34.1. The molecule has 1 amide bonds. The summed E-state index contributed by atoms with van der Waals surface area (Å²) in [5.74, 6) is -1.18. The number of carbonyl (C=O) groups excluding carboxylic acids is 2. The molecule has 8 unspecified atom stereocenters. The Morgan fingerprint density at radius 3 is 1.23 bits per heavy atom. The van der Waals surface area contributed by atoms with Gasteiger partial charge in [-0.1, -0.05) is 302 Å². The van der Waals surface area contributed by atoms with Crippen molar-refractivity contribution in [3.05, 3.63) is 24.3 Å². The van der Waals surface area contributed by atoms with Crippen molar-refractivity contribution in [2.75, 3.05) is 13.2 Å². The molecule has 8 atom stereocenters. The number of ether oxygens (including phenoxy) is 3. The zero-order chi connectivity index (χ0) is 57.5. The maximum Gasteiger partial charge on any atom is 0.306 e. The van der Waals surface area contributed by atoms with Crippen molar-refractivity contribution in [3.63, 3.8) is 0 Å². The van der Waals surface area contributed by atoms with Crippen LogP contribution in [0, 0.1) is 0 Å². The number of carbonyl (C=O) groups is 2. The Balaban J connectivity index is 2.58. The van der Waals surface area contributed by atoms with Crippen molar-refractivity contribution in [1.82, 2.24) is 5.32 Å². The first-order valence-corrected chi connectivity index (χ1v) is 34.1. The number of allylic oxidation sites excluding steroid dienone is 3. The minimum atomic E-state index is -1.61. The minimum Gasteiger partial charge on any atom is -0.454 e. The van der Waals surface area contributed by atoms with Gasteiger partial charge >= 0.3 is 5.97 Å². The average Bonchev–Trinajstić information content (AvgIpc) is 3.47. The van der Waals surface area contributed by atoms with Crippen LogP contribution in [0.1, 0.15) is 335 Å². The lowest BCUT2D eigenvalue weighted by molar-refractivity contribution is -0.305. The number of esters is 1. The molecule has 0 bridgehead atoms. The fraction of sp³-hybridized carbons (Fsp3) is 0.912. The molecule has 0 saturated carbocycles. The molecule has 0 aromatic carbocycles. The summed E-state index contributed by atoms with van der Waals surface area (Å²) >= 11 is 0. The average molecular weight is 1120 g/mol. The molecule has 1 saturated heterocycles. The summed E-state index contributed by atoms with van der Waals surface area (Å²) in [6, 6.07) is -1.02. The third kappa shape index (κ3) is 44.4. The fourth-order valence-corrected chi connectivity index (χ4v) is 10.9. The summed E-state index contributed by atoms with van der Waals surface area (Å²) in [7, 11) is 0. The van der Waals surface area contributed by atoms with Crippen LogP contribution in [0.4, 0.5) is 0 Å². The molecule has 11 heteroatoms. The highest BCUT2D eigenvalue weighted by Crippen LogP contribution is 2.26. The van der Waals surface area contributed by atoms with Crippen LogP contribution in [0.25, 0.3) is 0 Å². The lowest BCUT2D eigenvalue weighted by atomic mass is 9.99. The van der Waals surface area contributed by atoms with Crippen molar-refractivity contribution in [1.29, 1.82) is 0 Å². The Morgan fingerprint density at radius 2 is 0.835 bits per heavy atom. The van der Waals surface area contributed by atoms with Gasteiger partial charge < -0.3 is 45.1 Å². The third-order valence-corrected chi connectivity index (χ3v) is 16.4. The van der Waals surface area contributed by atoms with Crippen LogP contribution in [-0.2, 0) is 23.8 Å². The predicted molar refractivity (Wildman–Crippen MR) is 329 cm³/mol. The van der Waals surface area contributed by atoms with Gasteiger partial charge in [-0.05, 0) is 51.4 Å². The molecule has 6 N–H and O–H groups in total. The number of aliphatic hydroxyl groups is 5. The Labute approximate surface area is 486 Å². The van der Waals surface area contributed by atoms with Gasteiger partial charge in [-0.3, -0.25) is 9.59 Å². The normalized spacial score (nSPS) is 18.9. The van der Waals surface area contributed by atoms with E-state index in [1.54, 1.807) is 6.08 Å². The molecule has 1 aliphatic heterocycles. The highest BCUT2D eigenvalue weighted by Gasteiger charge is 2.47. The number of rotatable bonds is 59. The highest BCUT2D eigenvalue weighted by atomic mass is 16.7. The van der Waals surface area contributed by atoms with Gasteiger partial charge in [-0.2, -0.15) is 0 Å². The van der Waals surface area contributed by atoms with Gasteiger partial charge in [0.15, 0.2) is 12.4 Å². The molecule has 1 heterocycles. The monoisotopic (exact) mass is 1120 g/mol. The van der Waals surface area contributed by atoms with Crippen molar-refractivity contribution in [3.8, 4) is 0 Å². The van der Waals surface area contributed by atoms with Crippen molar-refractivity contribution in [2.24, 2.45) is 0 Å². The second-order valence-corrected chi connectivity index (χ2v) is 23.9. The fourth-order valence-electron chi connectivity index (χ4n) is 10.9. The Morgan fingerprint density at radius 1 is 0.481 bits per heavy atom. The molecule has 0 aromatic heterocycles. The molecule has 1 rings (SSSR count). The van der Waals surface area contributed by atoms with Crippen LogP contribution in [0.2, 0.25) is 0 Å². The summed E-state index contributed by atoms with van der Waals surface area (Å²) < 4.78 is 17.7. The van der Waals surface area contributed by atoms with E-state index in [4.69, 9.17) is 14.2 Å². The number of hydrogen-bond donors (Lipinski definition) is 6. The number of aliphatic hydroxyl groups excluding tert-OH is 5. The maximum atomic E-state index is 13.4. The zero-order valence-electron chi connectivity index (χ0n) is 51.8. The molecule has 11 nitrogen and oxygen atoms in total. The molecule has 466 valence electrons. The van der Waals surface area contributed by atoms with Crippen LogP contribution in [-0.4, -0.2) is 99.6 Å². The number of unbranched alkanes of at least 4 members (excludes halogenated alkanes) is 43. The first-order chi connectivity index (χ1) is 38.7. The molecular weight excluding hydrogens is 991 g/mol. The van der Waals surface area contributed by atoms with E-state index in [1.165, 1.54) is 231 Å². The summed E-state index contributed by atoms with van der Waals surface area (Å²) in [6.45, 7) is 5.83. The van der Waals surface area contributed by atoms with Gasteiger partial charge in [0.1, 0.15) is 24.4 Å². The molecule has 1 aliphatic rings. The summed E-state index contributed by atoms with van der Waals surface area (Å²) in [5, 5.41) is 57.1. The number of hydrogen-bond acceptors (Lipinski definition) is 10. The molecule has 0 aromatic rings. The first kappa shape index (κ1) is 75.2. The van der Waals surface area contributed by atoms with Gasteiger partial charge in [0, 0.05) is 6.42 Å². The quantitative estimate of drug-likeness (QED) is 0.0195. The SMILES string of the molecule is CCCCCCCC/C=C/CCCCCCCCCCCCCC(=O)OC1C(OCC(NC(=O)C(O)CCCCCCCCCCCCCCCCCCCC)C(O)/C=C/CCCCCCCCCCC)OC(CO)C(O)C1O. The van der Waals surface area contributed by atoms with E-state index in [-0.39, 0.29) is 13.0 Å². The largest absolute Gasteiger partial charge is 0.454 e. The molecule has 0 aliphatic carbocycles. The second kappa shape index (κ2) is 56.6. The van der Waals surface area contributed by atoms with Gasteiger partial charge in [-0.25, -0.2) is 0 Å². The van der Waals surface area contributed by atoms with E-state index in [0.29, 0.717) is 19.3 Å². The minimum absolute atomic E-state index is 0.127. The van der Waals surface area contributed by atoms with E-state index in [0.717, 1.165) is 57.8 Å². The van der Waals surface area contributed by atoms with E-state index in [9.17, 15) is 35.1 Å². The van der Waals surface area contributed by atoms with E-state index in [2.05, 4.69) is 38.2 Å². The van der Waals surface area contributed by atoms with Crippen molar-refractivity contribution >= 4 is 11.9 Å². The Kier molecular flexibility index (Phi) is 53.9. The van der Waals surface area contributed by atoms with Crippen molar-refractivity contribution in [2.45, 2.75) is 384 Å². The van der Waals surface area contributed by atoms with Gasteiger partial charge in [-0.15, -0.1) is 0 Å². The topological polar surface area (TPSA) is 175 Å². The van der Waals surface area contributed by atoms with Crippen LogP contribution >= 0.6 is 0 Å². The third-order valence-electron chi connectivity index (χ3n) is 16.4. The second-order valence-electron chi connectivity index (χ2n) is 23.9. The van der Waals surface area contributed by atoms with Crippen LogP contribution < -0.4 is 5.32 Å². The molecule has 0 spiro atoms. The maximum absolute atomic E-state index is 13.4. The van der Waals surface area contributed by atoms with Crippen LogP contribution in [0.3, 0.4) is 0 Å². The standard InChI is InChI=1S/C68H129NO10/c1-4-7-10-13-16-19-22-24-26-28-30-31-32-34-36-38-41-44-47-50-53-56-63(73)79-66-65(75)64(74)62(57-70)78-68(66)77-58-59(60(71)54-51-48-45-42-39-21-18-15-12-9-6-3)69-67(76)61(72)55-52-49-46-43-40-37-35-33-29-27-25-23-20-17-14-11-8-5-2/h24,26,51,54,59-62,64-66,68,70-72,74-75H,4-23,25,27-50,52-53,55-58H2,1-3H3,(H,69,76)/b26-24+,54-51+. The van der Waals surface area contributed by atoms with Crippen molar-refractivity contribution < 1.29 is 49.3 Å². The number of amides is 1. The Hall–Kier alpha value is -1.86. The van der Waals surface area contributed by atoms with Crippen LogP contribution in [0.15, 0.2) is 24.3 Å². The van der Waals surface area contributed by atoms with E-state index in [1.807, 2.05) is 6.08 Å².